The van der Waals surface area contributed by atoms with Crippen LogP contribution in [0.4, 0.5) is 8.78 Å². The second kappa shape index (κ2) is 5.59. The van der Waals surface area contributed by atoms with Crippen molar-refractivity contribution in [3.63, 3.8) is 0 Å². The van der Waals surface area contributed by atoms with Crippen LogP contribution in [0.25, 0.3) is 10.9 Å². The van der Waals surface area contributed by atoms with Crippen LogP contribution in [-0.2, 0) is 0 Å². The number of amides is 1. The van der Waals surface area contributed by atoms with Crippen molar-refractivity contribution in [2.24, 2.45) is 0 Å². The molecule has 3 rings (SSSR count). The number of fused-ring (bicyclic) bond motifs is 1. The minimum Gasteiger partial charge on any atom is -0.497 e. The number of methoxy groups -OCH3 is 1. The number of alkyl halides is 2. The van der Waals surface area contributed by atoms with Crippen molar-refractivity contribution in [3.05, 3.63) is 30.0 Å². The van der Waals surface area contributed by atoms with E-state index in [1.165, 1.54) is 0 Å². The zero-order valence-corrected chi connectivity index (χ0v) is 12.3. The number of carbonyl (C=O) groups is 1. The first-order chi connectivity index (χ1) is 10.5. The molecule has 4 nitrogen and oxygen atoms in total. The molecule has 1 aliphatic carbocycles. The van der Waals surface area contributed by atoms with Crippen LogP contribution < -0.4 is 10.1 Å². The molecule has 0 saturated heterocycles. The summed E-state index contributed by atoms with van der Waals surface area (Å²) in [6.07, 6.45) is 0.295. The Bertz CT molecular complexity index is 687. The van der Waals surface area contributed by atoms with E-state index in [9.17, 15) is 13.6 Å². The predicted octanol–water partition coefficient (Wildman–Crippen LogP) is 3.48. The molecule has 0 spiro atoms. The number of aromatic amines is 1. The largest absolute Gasteiger partial charge is 0.497 e. The number of ether oxygens (including phenoxy) is 1. The summed E-state index contributed by atoms with van der Waals surface area (Å²) < 4.78 is 31.4. The zero-order chi connectivity index (χ0) is 15.7. The summed E-state index contributed by atoms with van der Waals surface area (Å²) >= 11 is 0. The van der Waals surface area contributed by atoms with Crippen LogP contribution in [0.3, 0.4) is 0 Å². The Hall–Kier alpha value is -2.11. The Balaban J connectivity index is 1.70. The smallest absolute Gasteiger partial charge is 0.267 e. The Morgan fingerprint density at radius 3 is 2.73 bits per heavy atom. The van der Waals surface area contributed by atoms with E-state index in [0.29, 0.717) is 24.3 Å². The van der Waals surface area contributed by atoms with Gasteiger partial charge >= 0.3 is 0 Å². The first-order valence-electron chi connectivity index (χ1n) is 7.32. The monoisotopic (exact) mass is 308 g/mol. The van der Waals surface area contributed by atoms with Gasteiger partial charge in [-0.05, 0) is 31.0 Å². The number of H-pyrrole nitrogens is 1. The van der Waals surface area contributed by atoms with Gasteiger partial charge in [0.05, 0.1) is 7.11 Å². The molecule has 0 unspecified atom stereocenters. The maximum Gasteiger partial charge on any atom is 0.267 e. The van der Waals surface area contributed by atoms with E-state index in [2.05, 4.69) is 10.3 Å². The molecule has 6 heteroatoms. The summed E-state index contributed by atoms with van der Waals surface area (Å²) in [6, 6.07) is 7.06. The summed E-state index contributed by atoms with van der Waals surface area (Å²) in [4.78, 5) is 15.3. The van der Waals surface area contributed by atoms with Gasteiger partial charge in [0.25, 0.3) is 5.91 Å². The third-order valence-electron chi connectivity index (χ3n) is 4.13. The molecular weight excluding hydrogens is 290 g/mol. The second-order valence-corrected chi connectivity index (χ2v) is 5.74. The van der Waals surface area contributed by atoms with Gasteiger partial charge in [0.1, 0.15) is 11.4 Å². The standard InChI is InChI=1S/C16H18F2N2O2/c1-22-12-3-2-10-8-14(20-13(10)9-12)15(21)19-11-4-6-16(17,18)7-5-11/h2-3,8-9,11,20H,4-7H2,1H3,(H,19,21). The van der Waals surface area contributed by atoms with Crippen molar-refractivity contribution in [2.75, 3.05) is 7.11 Å². The minimum atomic E-state index is -2.58. The third kappa shape index (κ3) is 3.05. The number of carbonyl (C=O) groups excluding carboxylic acids is 1. The van der Waals surface area contributed by atoms with Gasteiger partial charge in [-0.2, -0.15) is 0 Å². The van der Waals surface area contributed by atoms with Gasteiger partial charge in [0.15, 0.2) is 0 Å². The van der Waals surface area contributed by atoms with Crippen molar-refractivity contribution in [3.8, 4) is 5.75 Å². The van der Waals surface area contributed by atoms with Crippen molar-refractivity contribution in [1.29, 1.82) is 0 Å². The lowest BCUT2D eigenvalue weighted by Gasteiger charge is -2.28. The maximum atomic E-state index is 13.1. The third-order valence-corrected chi connectivity index (χ3v) is 4.13. The summed E-state index contributed by atoms with van der Waals surface area (Å²) in [6.45, 7) is 0. The summed E-state index contributed by atoms with van der Waals surface area (Å²) in [5.41, 5.74) is 1.24. The first-order valence-corrected chi connectivity index (χ1v) is 7.32. The lowest BCUT2D eigenvalue weighted by atomic mass is 9.92. The van der Waals surface area contributed by atoms with Crippen molar-refractivity contribution in [1.82, 2.24) is 10.3 Å². The molecule has 0 atom stereocenters. The minimum absolute atomic E-state index is 0.165. The van der Waals surface area contributed by atoms with Crippen LogP contribution >= 0.6 is 0 Å². The molecule has 1 heterocycles. The van der Waals surface area contributed by atoms with E-state index >= 15 is 0 Å². The number of rotatable bonds is 3. The molecule has 1 aromatic heterocycles. The van der Waals surface area contributed by atoms with Crippen molar-refractivity contribution in [2.45, 2.75) is 37.6 Å². The number of benzene rings is 1. The molecule has 118 valence electrons. The van der Waals surface area contributed by atoms with Crippen LogP contribution in [0.15, 0.2) is 24.3 Å². The van der Waals surface area contributed by atoms with Gasteiger partial charge < -0.3 is 15.0 Å². The van der Waals surface area contributed by atoms with E-state index in [4.69, 9.17) is 4.74 Å². The number of halogens is 2. The Labute approximate surface area is 126 Å². The normalized spacial score (nSPS) is 18.3. The highest BCUT2D eigenvalue weighted by atomic mass is 19.3. The topological polar surface area (TPSA) is 54.1 Å². The number of aromatic nitrogens is 1. The van der Waals surface area contributed by atoms with Gasteiger partial charge in [-0.3, -0.25) is 4.79 Å². The molecule has 0 bridgehead atoms. The summed E-state index contributed by atoms with van der Waals surface area (Å²) in [5, 5.41) is 3.73. The fraction of sp³-hybridized carbons (Fsp3) is 0.438. The molecule has 2 aromatic rings. The highest BCUT2D eigenvalue weighted by molar-refractivity contribution is 5.98. The second-order valence-electron chi connectivity index (χ2n) is 5.74. The van der Waals surface area contributed by atoms with Gasteiger partial charge in [0, 0.05) is 35.9 Å². The summed E-state index contributed by atoms with van der Waals surface area (Å²) in [7, 11) is 1.58. The first kappa shape index (κ1) is 14.8. The van der Waals surface area contributed by atoms with Crippen molar-refractivity contribution >= 4 is 16.8 Å². The average Bonchev–Trinajstić information content (AvgIpc) is 2.92. The lowest BCUT2D eigenvalue weighted by molar-refractivity contribution is -0.0399. The van der Waals surface area contributed by atoms with Crippen LogP contribution in [0.5, 0.6) is 5.75 Å². The highest BCUT2D eigenvalue weighted by Crippen LogP contribution is 2.33. The Morgan fingerprint density at radius 2 is 2.05 bits per heavy atom. The molecule has 1 aromatic carbocycles. The van der Waals surface area contributed by atoms with Gasteiger partial charge in [-0.25, -0.2) is 8.78 Å². The Morgan fingerprint density at radius 1 is 1.32 bits per heavy atom. The van der Waals surface area contributed by atoms with E-state index in [1.807, 2.05) is 18.2 Å². The van der Waals surface area contributed by atoms with Crippen LogP contribution in [0, 0.1) is 0 Å². The van der Waals surface area contributed by atoms with Crippen LogP contribution in [-0.4, -0.2) is 30.0 Å². The molecular formula is C16H18F2N2O2. The molecule has 22 heavy (non-hydrogen) atoms. The van der Waals surface area contributed by atoms with E-state index in [-0.39, 0.29) is 24.8 Å². The van der Waals surface area contributed by atoms with Gasteiger partial charge in [-0.15, -0.1) is 0 Å². The van der Waals surface area contributed by atoms with Gasteiger partial charge in [0.2, 0.25) is 5.92 Å². The predicted molar refractivity (Wildman–Crippen MR) is 79.5 cm³/mol. The number of hydrogen-bond acceptors (Lipinski definition) is 2. The molecule has 1 amide bonds. The molecule has 1 aliphatic rings. The van der Waals surface area contributed by atoms with E-state index < -0.39 is 5.92 Å². The van der Waals surface area contributed by atoms with Gasteiger partial charge in [-0.1, -0.05) is 0 Å². The lowest BCUT2D eigenvalue weighted by Crippen LogP contribution is -2.40. The van der Waals surface area contributed by atoms with Crippen LogP contribution in [0.1, 0.15) is 36.2 Å². The van der Waals surface area contributed by atoms with Crippen molar-refractivity contribution < 1.29 is 18.3 Å². The molecule has 1 fully saturated rings. The quantitative estimate of drug-likeness (QED) is 0.912. The Kier molecular flexibility index (Phi) is 3.76. The zero-order valence-electron chi connectivity index (χ0n) is 12.3. The fourth-order valence-corrected chi connectivity index (χ4v) is 2.80. The molecule has 0 aliphatic heterocycles. The average molecular weight is 308 g/mol. The van der Waals surface area contributed by atoms with E-state index in [0.717, 1.165) is 10.9 Å². The van der Waals surface area contributed by atoms with E-state index in [1.54, 1.807) is 13.2 Å². The molecule has 1 saturated carbocycles. The van der Waals surface area contributed by atoms with Crippen LogP contribution in [0.2, 0.25) is 0 Å². The molecule has 2 N–H and O–H groups in total. The summed E-state index contributed by atoms with van der Waals surface area (Å²) in [5.74, 6) is -2.14. The highest BCUT2D eigenvalue weighted by Gasteiger charge is 2.35. The molecule has 0 radical (unpaired) electrons. The fourth-order valence-electron chi connectivity index (χ4n) is 2.80. The number of hydrogen-bond donors (Lipinski definition) is 2. The maximum absolute atomic E-state index is 13.1. The number of nitrogens with one attached hydrogen (secondary N) is 2. The SMILES string of the molecule is COc1ccc2cc(C(=O)NC3CCC(F)(F)CC3)[nH]c2c1.